The third-order valence-electron chi connectivity index (χ3n) is 3.55. The van der Waals surface area contributed by atoms with Gasteiger partial charge in [0.15, 0.2) is 0 Å². The molecule has 0 saturated heterocycles. The number of amides is 1. The van der Waals surface area contributed by atoms with Crippen LogP contribution in [-0.2, 0) is 19.6 Å². The van der Waals surface area contributed by atoms with Gasteiger partial charge in [-0.2, -0.15) is 0 Å². The van der Waals surface area contributed by atoms with Crippen LogP contribution in [0.15, 0.2) is 35.2 Å². The SMILES string of the molecule is CCOC(=O)c1c(C)[nH]c(C)c1S(=O)(=O)NCC(=O)Nc1ccccc1. The maximum Gasteiger partial charge on any atom is 0.341 e. The number of hydrogen-bond donors (Lipinski definition) is 3. The van der Waals surface area contributed by atoms with Gasteiger partial charge in [-0.15, -0.1) is 0 Å². The average molecular weight is 379 g/mol. The Kier molecular flexibility index (Phi) is 6.17. The molecular weight excluding hydrogens is 358 g/mol. The predicted molar refractivity (Wildman–Crippen MR) is 96.5 cm³/mol. The second-order valence-corrected chi connectivity index (χ2v) is 7.24. The summed E-state index contributed by atoms with van der Waals surface area (Å²) in [7, 11) is -4.09. The third-order valence-corrected chi connectivity index (χ3v) is 5.12. The van der Waals surface area contributed by atoms with Gasteiger partial charge in [-0.05, 0) is 32.9 Å². The van der Waals surface area contributed by atoms with Crippen molar-refractivity contribution in [2.45, 2.75) is 25.7 Å². The van der Waals surface area contributed by atoms with Crippen molar-refractivity contribution < 1.29 is 22.7 Å². The number of hydrogen-bond acceptors (Lipinski definition) is 5. The first-order valence-electron chi connectivity index (χ1n) is 7.97. The highest BCUT2D eigenvalue weighted by Gasteiger charge is 2.30. The van der Waals surface area contributed by atoms with Gasteiger partial charge >= 0.3 is 5.97 Å². The first-order valence-corrected chi connectivity index (χ1v) is 9.45. The largest absolute Gasteiger partial charge is 0.462 e. The fraction of sp³-hybridized carbons (Fsp3) is 0.294. The van der Waals surface area contributed by atoms with Gasteiger partial charge in [0.2, 0.25) is 15.9 Å². The lowest BCUT2D eigenvalue weighted by atomic mass is 10.2. The zero-order valence-corrected chi connectivity index (χ0v) is 15.6. The van der Waals surface area contributed by atoms with Crippen LogP contribution in [0, 0.1) is 13.8 Å². The molecule has 0 bridgehead atoms. The lowest BCUT2D eigenvalue weighted by Gasteiger charge is -2.10. The third kappa shape index (κ3) is 4.50. The zero-order chi connectivity index (χ0) is 19.3. The van der Waals surface area contributed by atoms with Crippen LogP contribution < -0.4 is 10.0 Å². The van der Waals surface area contributed by atoms with Gasteiger partial charge in [0.25, 0.3) is 0 Å². The van der Waals surface area contributed by atoms with Crippen molar-refractivity contribution in [3.05, 3.63) is 47.3 Å². The molecule has 1 aromatic carbocycles. The minimum atomic E-state index is -4.09. The molecule has 0 spiro atoms. The molecule has 0 aliphatic rings. The summed E-state index contributed by atoms with van der Waals surface area (Å²) >= 11 is 0. The molecule has 1 amide bonds. The molecule has 0 fully saturated rings. The summed E-state index contributed by atoms with van der Waals surface area (Å²) in [4.78, 5) is 26.7. The fourth-order valence-electron chi connectivity index (χ4n) is 2.50. The molecule has 0 radical (unpaired) electrons. The number of carbonyl (C=O) groups excluding carboxylic acids is 2. The first kappa shape index (κ1) is 19.7. The van der Waals surface area contributed by atoms with E-state index in [9.17, 15) is 18.0 Å². The number of esters is 1. The highest BCUT2D eigenvalue weighted by molar-refractivity contribution is 7.89. The highest BCUT2D eigenvalue weighted by Crippen LogP contribution is 2.24. The Morgan fingerprint density at radius 2 is 1.77 bits per heavy atom. The molecule has 2 aromatic rings. The van der Waals surface area contributed by atoms with E-state index in [4.69, 9.17) is 4.74 Å². The molecular formula is C17H21N3O5S. The van der Waals surface area contributed by atoms with Crippen LogP contribution in [0.3, 0.4) is 0 Å². The monoisotopic (exact) mass is 379 g/mol. The van der Waals surface area contributed by atoms with E-state index in [0.717, 1.165) is 0 Å². The Labute approximate surface area is 152 Å². The fourth-order valence-corrected chi connectivity index (χ4v) is 3.93. The lowest BCUT2D eigenvalue weighted by molar-refractivity contribution is -0.115. The highest BCUT2D eigenvalue weighted by atomic mass is 32.2. The van der Waals surface area contributed by atoms with Gasteiger partial charge in [0.05, 0.1) is 13.2 Å². The molecule has 1 aromatic heterocycles. The van der Waals surface area contributed by atoms with Gasteiger partial charge in [-0.1, -0.05) is 18.2 Å². The topological polar surface area (TPSA) is 117 Å². The number of sulfonamides is 1. The maximum atomic E-state index is 12.6. The molecule has 8 nitrogen and oxygen atoms in total. The molecule has 0 saturated carbocycles. The number of H-pyrrole nitrogens is 1. The van der Waals surface area contributed by atoms with Crippen LogP contribution in [0.4, 0.5) is 5.69 Å². The molecule has 3 N–H and O–H groups in total. The lowest BCUT2D eigenvalue weighted by Crippen LogP contribution is -2.33. The molecule has 0 aliphatic carbocycles. The Morgan fingerprint density at radius 3 is 2.38 bits per heavy atom. The summed E-state index contributed by atoms with van der Waals surface area (Å²) in [6, 6.07) is 8.66. The van der Waals surface area contributed by atoms with E-state index >= 15 is 0 Å². The molecule has 1 heterocycles. The van der Waals surface area contributed by atoms with E-state index in [-0.39, 0.29) is 17.1 Å². The number of anilines is 1. The number of aryl methyl sites for hydroxylation is 2. The van der Waals surface area contributed by atoms with Crippen LogP contribution in [0.25, 0.3) is 0 Å². The van der Waals surface area contributed by atoms with Crippen molar-refractivity contribution in [3.63, 3.8) is 0 Å². The van der Waals surface area contributed by atoms with Gasteiger partial charge < -0.3 is 15.0 Å². The molecule has 0 atom stereocenters. The molecule has 0 unspecified atom stereocenters. The van der Waals surface area contributed by atoms with Gasteiger partial charge in [-0.25, -0.2) is 17.9 Å². The van der Waals surface area contributed by atoms with Gasteiger partial charge in [0.1, 0.15) is 10.5 Å². The van der Waals surface area contributed by atoms with Crippen molar-refractivity contribution in [1.29, 1.82) is 0 Å². The van der Waals surface area contributed by atoms with Crippen molar-refractivity contribution in [2.75, 3.05) is 18.5 Å². The number of para-hydroxylation sites is 1. The minimum Gasteiger partial charge on any atom is -0.462 e. The summed E-state index contributed by atoms with van der Waals surface area (Å²) < 4.78 is 32.4. The van der Waals surface area contributed by atoms with Crippen molar-refractivity contribution in [2.24, 2.45) is 0 Å². The van der Waals surface area contributed by atoms with E-state index < -0.39 is 28.4 Å². The summed E-state index contributed by atoms with van der Waals surface area (Å²) in [5.74, 6) is -1.26. The Balaban J connectivity index is 2.17. The Morgan fingerprint density at radius 1 is 1.12 bits per heavy atom. The van der Waals surface area contributed by atoms with E-state index in [1.165, 1.54) is 6.92 Å². The number of ether oxygens (including phenoxy) is 1. The summed E-state index contributed by atoms with van der Waals surface area (Å²) in [6.45, 7) is 4.40. The number of rotatable bonds is 7. The minimum absolute atomic E-state index is 0.0553. The zero-order valence-electron chi connectivity index (χ0n) is 14.8. The van der Waals surface area contributed by atoms with Crippen LogP contribution in [0.2, 0.25) is 0 Å². The smallest absolute Gasteiger partial charge is 0.341 e. The van der Waals surface area contributed by atoms with Crippen molar-refractivity contribution >= 4 is 27.6 Å². The van der Waals surface area contributed by atoms with Crippen LogP contribution in [0.5, 0.6) is 0 Å². The molecule has 140 valence electrons. The molecule has 0 aliphatic heterocycles. The first-order chi connectivity index (χ1) is 12.3. The van der Waals surface area contributed by atoms with E-state index in [1.54, 1.807) is 44.2 Å². The average Bonchev–Trinajstić information content (AvgIpc) is 2.89. The molecule has 2 rings (SSSR count). The van der Waals surface area contributed by atoms with Crippen LogP contribution in [0.1, 0.15) is 28.7 Å². The van der Waals surface area contributed by atoms with Crippen molar-refractivity contribution in [1.82, 2.24) is 9.71 Å². The molecule has 9 heteroatoms. The summed E-state index contributed by atoms with van der Waals surface area (Å²) in [6.07, 6.45) is 0. The van der Waals surface area contributed by atoms with Crippen molar-refractivity contribution in [3.8, 4) is 0 Å². The van der Waals surface area contributed by atoms with Crippen LogP contribution in [-0.4, -0.2) is 38.4 Å². The standard InChI is InChI=1S/C17H21N3O5S/c1-4-25-17(22)15-11(2)19-12(3)16(15)26(23,24)18-10-14(21)20-13-8-6-5-7-9-13/h5-9,18-19H,4,10H2,1-3H3,(H,20,21). The number of aromatic nitrogens is 1. The van der Waals surface area contributed by atoms with E-state index in [2.05, 4.69) is 15.0 Å². The Hall–Kier alpha value is -2.65. The van der Waals surface area contributed by atoms with Gasteiger partial charge in [-0.3, -0.25) is 4.79 Å². The maximum absolute atomic E-state index is 12.6. The van der Waals surface area contributed by atoms with E-state index in [1.807, 2.05) is 0 Å². The summed E-state index contributed by atoms with van der Waals surface area (Å²) in [5, 5.41) is 2.58. The normalized spacial score (nSPS) is 11.2. The second kappa shape index (κ2) is 8.15. The van der Waals surface area contributed by atoms with Crippen LogP contribution >= 0.6 is 0 Å². The second-order valence-electron chi connectivity index (χ2n) is 5.54. The van der Waals surface area contributed by atoms with Gasteiger partial charge in [0, 0.05) is 17.1 Å². The number of nitrogens with one attached hydrogen (secondary N) is 3. The summed E-state index contributed by atoms with van der Waals surface area (Å²) in [5.41, 5.74) is 1.18. The predicted octanol–water partition coefficient (Wildman–Crippen LogP) is 1.73. The number of aromatic amines is 1. The quantitative estimate of drug-likeness (QED) is 0.633. The Bertz CT molecular complexity index is 904. The van der Waals surface area contributed by atoms with E-state index in [0.29, 0.717) is 17.1 Å². The molecule has 26 heavy (non-hydrogen) atoms. The number of benzene rings is 1. The number of carbonyl (C=O) groups is 2.